The van der Waals surface area contributed by atoms with Crippen molar-refractivity contribution >= 4 is 33.1 Å². The Bertz CT molecular complexity index is 1560. The Morgan fingerprint density at radius 3 is 2.47 bits per heavy atom. The maximum Gasteiger partial charge on any atom is 0.165 e. The van der Waals surface area contributed by atoms with Crippen molar-refractivity contribution in [1.82, 2.24) is 14.5 Å². The van der Waals surface area contributed by atoms with Gasteiger partial charge in [0.1, 0.15) is 16.7 Å². The van der Waals surface area contributed by atoms with Crippen LogP contribution in [-0.2, 0) is 0 Å². The zero-order valence-electron chi connectivity index (χ0n) is 16.8. The molecule has 0 fully saturated rings. The van der Waals surface area contributed by atoms with Gasteiger partial charge < -0.3 is 4.42 Å². The van der Waals surface area contributed by atoms with Gasteiger partial charge in [0.15, 0.2) is 11.5 Å². The molecular formula is C26H19N3O. The molecule has 30 heavy (non-hydrogen) atoms. The van der Waals surface area contributed by atoms with Crippen molar-refractivity contribution in [1.29, 1.82) is 0 Å². The van der Waals surface area contributed by atoms with Crippen molar-refractivity contribution in [2.45, 2.75) is 13.8 Å². The van der Waals surface area contributed by atoms with Crippen LogP contribution in [0.2, 0.25) is 0 Å². The molecule has 0 radical (unpaired) electrons. The monoisotopic (exact) mass is 389 g/mol. The summed E-state index contributed by atoms with van der Waals surface area (Å²) in [5.74, 6) is 0.835. The van der Waals surface area contributed by atoms with Gasteiger partial charge in [-0.2, -0.15) is 0 Å². The van der Waals surface area contributed by atoms with Crippen molar-refractivity contribution in [3.05, 3.63) is 90.1 Å². The van der Waals surface area contributed by atoms with Gasteiger partial charge in [-0.15, -0.1) is 0 Å². The van der Waals surface area contributed by atoms with Crippen molar-refractivity contribution in [3.63, 3.8) is 0 Å². The van der Waals surface area contributed by atoms with E-state index in [-0.39, 0.29) is 0 Å². The molecule has 4 nitrogen and oxygen atoms in total. The number of furan rings is 1. The lowest BCUT2D eigenvalue weighted by Crippen LogP contribution is -1.99. The number of imidazole rings is 1. The van der Waals surface area contributed by atoms with E-state index in [0.717, 1.165) is 55.7 Å². The van der Waals surface area contributed by atoms with Gasteiger partial charge in [-0.25, -0.2) is 9.97 Å². The Kier molecular flexibility index (Phi) is 3.56. The van der Waals surface area contributed by atoms with Crippen LogP contribution in [0, 0.1) is 13.8 Å². The highest BCUT2D eigenvalue weighted by atomic mass is 16.3. The van der Waals surface area contributed by atoms with Crippen molar-refractivity contribution < 1.29 is 4.42 Å². The van der Waals surface area contributed by atoms with Gasteiger partial charge in [0.05, 0.1) is 5.56 Å². The number of fused-ring (bicyclic) bond motifs is 4. The number of hydrogen-bond acceptors (Lipinski definition) is 3. The summed E-state index contributed by atoms with van der Waals surface area (Å²) in [4.78, 5) is 9.72. The van der Waals surface area contributed by atoms with E-state index in [4.69, 9.17) is 9.40 Å². The number of para-hydroxylation sites is 2. The van der Waals surface area contributed by atoms with Crippen molar-refractivity contribution in [2.24, 2.45) is 0 Å². The molecule has 0 aliphatic rings. The second kappa shape index (κ2) is 6.29. The first-order chi connectivity index (χ1) is 14.7. The molecule has 0 spiro atoms. The smallest absolute Gasteiger partial charge is 0.165 e. The fraction of sp³-hybridized carbons (Fsp3) is 0.0769. The molecule has 4 heteroatoms. The minimum atomic E-state index is 0.835. The van der Waals surface area contributed by atoms with Gasteiger partial charge in [0, 0.05) is 22.7 Å². The molecule has 6 aromatic rings. The number of aryl methyl sites for hydroxylation is 2. The van der Waals surface area contributed by atoms with E-state index in [0.29, 0.717) is 0 Å². The molecule has 0 saturated heterocycles. The van der Waals surface area contributed by atoms with E-state index in [1.807, 2.05) is 42.6 Å². The molecule has 0 atom stereocenters. The largest absolute Gasteiger partial charge is 0.455 e. The highest BCUT2D eigenvalue weighted by molar-refractivity contribution is 6.11. The van der Waals surface area contributed by atoms with Gasteiger partial charge >= 0.3 is 0 Å². The van der Waals surface area contributed by atoms with Crippen LogP contribution in [0.1, 0.15) is 11.1 Å². The van der Waals surface area contributed by atoms with Crippen LogP contribution >= 0.6 is 0 Å². The first kappa shape index (κ1) is 17.0. The van der Waals surface area contributed by atoms with Gasteiger partial charge in [0.2, 0.25) is 0 Å². The molecule has 0 unspecified atom stereocenters. The van der Waals surface area contributed by atoms with Crippen LogP contribution in [0.5, 0.6) is 0 Å². The van der Waals surface area contributed by atoms with Gasteiger partial charge in [-0.3, -0.25) is 4.57 Å². The molecule has 0 N–H and O–H groups in total. The average Bonchev–Trinajstić information content (AvgIpc) is 3.35. The summed E-state index contributed by atoms with van der Waals surface area (Å²) in [6, 6.07) is 24.7. The standard InChI is InChI=1S/C26H19N3O/c1-16-12-13-20(24-22(16)19-10-6-7-11-21(19)30-24)25-28-23-17(2)14-15-27-26(23)29(25)18-8-4-3-5-9-18/h3-15H,1-2H3. The fourth-order valence-corrected chi connectivity index (χ4v) is 4.27. The molecule has 0 bridgehead atoms. The second-order valence-electron chi connectivity index (χ2n) is 7.64. The predicted molar refractivity (Wildman–Crippen MR) is 121 cm³/mol. The summed E-state index contributed by atoms with van der Waals surface area (Å²) in [6.45, 7) is 4.20. The van der Waals surface area contributed by atoms with Crippen molar-refractivity contribution in [3.8, 4) is 17.1 Å². The summed E-state index contributed by atoms with van der Waals surface area (Å²) in [7, 11) is 0. The quantitative estimate of drug-likeness (QED) is 0.335. The number of aromatic nitrogens is 3. The zero-order valence-corrected chi connectivity index (χ0v) is 16.8. The molecule has 3 aromatic heterocycles. The van der Waals surface area contributed by atoms with E-state index in [1.165, 1.54) is 5.56 Å². The maximum absolute atomic E-state index is 6.36. The van der Waals surface area contributed by atoms with Crippen LogP contribution in [0.25, 0.3) is 50.2 Å². The summed E-state index contributed by atoms with van der Waals surface area (Å²) in [5, 5.41) is 2.27. The molecule has 0 amide bonds. The number of pyridine rings is 1. The van der Waals surface area contributed by atoms with Crippen LogP contribution in [0.15, 0.2) is 83.4 Å². The summed E-state index contributed by atoms with van der Waals surface area (Å²) >= 11 is 0. The molecular weight excluding hydrogens is 370 g/mol. The minimum Gasteiger partial charge on any atom is -0.455 e. The highest BCUT2D eigenvalue weighted by Gasteiger charge is 2.21. The Hall–Kier alpha value is -3.92. The van der Waals surface area contributed by atoms with E-state index in [1.54, 1.807) is 0 Å². The second-order valence-corrected chi connectivity index (χ2v) is 7.64. The molecule has 3 aromatic carbocycles. The summed E-state index contributed by atoms with van der Waals surface area (Å²) in [5.41, 5.74) is 7.79. The van der Waals surface area contributed by atoms with Crippen LogP contribution in [0.3, 0.4) is 0 Å². The molecule has 0 aliphatic carbocycles. The lowest BCUT2D eigenvalue weighted by molar-refractivity contribution is 0.669. The number of benzene rings is 3. The maximum atomic E-state index is 6.36. The summed E-state index contributed by atoms with van der Waals surface area (Å²) < 4.78 is 8.49. The lowest BCUT2D eigenvalue weighted by atomic mass is 10.0. The lowest BCUT2D eigenvalue weighted by Gasteiger charge is -2.10. The van der Waals surface area contributed by atoms with E-state index >= 15 is 0 Å². The van der Waals surface area contributed by atoms with E-state index < -0.39 is 0 Å². The van der Waals surface area contributed by atoms with Gasteiger partial charge in [-0.1, -0.05) is 42.5 Å². The highest BCUT2D eigenvalue weighted by Crippen LogP contribution is 2.39. The average molecular weight is 389 g/mol. The van der Waals surface area contributed by atoms with Crippen LogP contribution in [0.4, 0.5) is 0 Å². The third-order valence-electron chi connectivity index (χ3n) is 5.74. The van der Waals surface area contributed by atoms with Crippen LogP contribution < -0.4 is 0 Å². The Morgan fingerprint density at radius 1 is 0.800 bits per heavy atom. The zero-order chi connectivity index (χ0) is 20.2. The Morgan fingerprint density at radius 2 is 1.60 bits per heavy atom. The van der Waals surface area contributed by atoms with Crippen molar-refractivity contribution in [2.75, 3.05) is 0 Å². The first-order valence-corrected chi connectivity index (χ1v) is 10.0. The van der Waals surface area contributed by atoms with Gasteiger partial charge in [0.25, 0.3) is 0 Å². The molecule has 3 heterocycles. The topological polar surface area (TPSA) is 43.9 Å². The molecule has 0 saturated carbocycles. The normalized spacial score (nSPS) is 11.7. The van der Waals surface area contributed by atoms with Gasteiger partial charge in [-0.05, 0) is 55.3 Å². The minimum absolute atomic E-state index is 0.835. The first-order valence-electron chi connectivity index (χ1n) is 10.0. The Labute approximate surface area is 173 Å². The van der Waals surface area contributed by atoms with E-state index in [9.17, 15) is 0 Å². The third-order valence-corrected chi connectivity index (χ3v) is 5.74. The number of nitrogens with zero attached hydrogens (tertiary/aromatic N) is 3. The predicted octanol–water partition coefficient (Wildman–Crippen LogP) is 6.60. The Balaban J connectivity index is 1.77. The van der Waals surface area contributed by atoms with E-state index in [2.05, 4.69) is 59.8 Å². The van der Waals surface area contributed by atoms with Crippen LogP contribution in [-0.4, -0.2) is 14.5 Å². The molecule has 0 aliphatic heterocycles. The number of rotatable bonds is 2. The third kappa shape index (κ3) is 2.34. The molecule has 144 valence electrons. The fourth-order valence-electron chi connectivity index (χ4n) is 4.27. The SMILES string of the molecule is Cc1ccnc2c1nc(-c1ccc(C)c3c1oc1ccccc13)n2-c1ccccc1. The molecule has 6 rings (SSSR count). The summed E-state index contributed by atoms with van der Waals surface area (Å²) in [6.07, 6.45) is 1.84. The number of hydrogen-bond donors (Lipinski definition) is 0.